The van der Waals surface area contributed by atoms with Crippen molar-refractivity contribution in [3.63, 3.8) is 0 Å². The molecule has 0 N–H and O–H groups in total. The molecule has 5 rings (SSSR count). The van der Waals surface area contributed by atoms with Crippen LogP contribution in [-0.2, 0) is 0 Å². The highest BCUT2D eigenvalue weighted by Crippen LogP contribution is 2.37. The van der Waals surface area contributed by atoms with Crippen molar-refractivity contribution < 1.29 is 4.74 Å². The quantitative estimate of drug-likeness (QED) is 0.331. The standard InChI is InChI=1S/C25H22N4OS/c1-15-11-17(24-26-14-27-25(28-24)30-3)12-16(2)23(15)29-21-8-6-5-7-19(21)20-13-18(31-4)9-10-22(20)29/h5-14H,1-4H3. The van der Waals surface area contributed by atoms with E-state index in [0.717, 1.165) is 16.7 Å². The average Bonchev–Trinajstić information content (AvgIpc) is 3.12. The Balaban J connectivity index is 1.77. The van der Waals surface area contributed by atoms with Crippen molar-refractivity contribution in [1.29, 1.82) is 0 Å². The molecule has 0 atom stereocenters. The van der Waals surface area contributed by atoms with Gasteiger partial charge in [-0.2, -0.15) is 9.97 Å². The molecule has 3 aromatic carbocycles. The van der Waals surface area contributed by atoms with Crippen molar-refractivity contribution in [2.24, 2.45) is 0 Å². The van der Waals surface area contributed by atoms with E-state index in [-0.39, 0.29) is 0 Å². The lowest BCUT2D eigenvalue weighted by atomic mass is 10.0. The maximum Gasteiger partial charge on any atom is 0.319 e. The molecule has 0 bridgehead atoms. The van der Waals surface area contributed by atoms with Gasteiger partial charge in [-0.1, -0.05) is 18.2 Å². The molecule has 0 unspecified atom stereocenters. The number of hydrogen-bond donors (Lipinski definition) is 0. The number of nitrogens with zero attached hydrogens (tertiary/aromatic N) is 4. The first-order valence-electron chi connectivity index (χ1n) is 10.0. The first-order valence-corrected chi connectivity index (χ1v) is 11.3. The number of ether oxygens (including phenoxy) is 1. The molecule has 0 saturated carbocycles. The highest BCUT2D eigenvalue weighted by atomic mass is 32.2. The van der Waals surface area contributed by atoms with Gasteiger partial charge in [-0.05, 0) is 67.6 Å². The summed E-state index contributed by atoms with van der Waals surface area (Å²) in [5.41, 5.74) is 6.87. The van der Waals surface area contributed by atoms with Gasteiger partial charge in [0.25, 0.3) is 0 Å². The fourth-order valence-electron chi connectivity index (χ4n) is 4.28. The molecular weight excluding hydrogens is 404 g/mol. The summed E-state index contributed by atoms with van der Waals surface area (Å²) in [4.78, 5) is 14.0. The molecule has 2 heterocycles. The van der Waals surface area contributed by atoms with Gasteiger partial charge in [0, 0.05) is 21.2 Å². The van der Waals surface area contributed by atoms with Crippen LogP contribution in [0.2, 0.25) is 0 Å². The number of thioether (sulfide) groups is 1. The predicted octanol–water partition coefficient (Wildman–Crippen LogP) is 5.98. The fourth-order valence-corrected chi connectivity index (χ4v) is 4.72. The summed E-state index contributed by atoms with van der Waals surface area (Å²) in [6.07, 6.45) is 3.60. The Morgan fingerprint density at radius 3 is 2.35 bits per heavy atom. The van der Waals surface area contributed by atoms with Crippen LogP contribution < -0.4 is 4.74 Å². The van der Waals surface area contributed by atoms with Gasteiger partial charge >= 0.3 is 6.01 Å². The number of aryl methyl sites for hydroxylation is 2. The zero-order valence-electron chi connectivity index (χ0n) is 17.9. The molecule has 0 aliphatic rings. The van der Waals surface area contributed by atoms with Gasteiger partial charge in [0.05, 0.1) is 23.8 Å². The summed E-state index contributed by atoms with van der Waals surface area (Å²) in [7, 11) is 1.56. The number of benzene rings is 3. The monoisotopic (exact) mass is 426 g/mol. The molecule has 31 heavy (non-hydrogen) atoms. The minimum atomic E-state index is 0.316. The molecule has 0 aliphatic heterocycles. The Bertz CT molecular complexity index is 1420. The average molecular weight is 427 g/mol. The molecule has 154 valence electrons. The van der Waals surface area contributed by atoms with Gasteiger partial charge in [-0.3, -0.25) is 0 Å². The van der Waals surface area contributed by atoms with Gasteiger partial charge in [-0.15, -0.1) is 11.8 Å². The fraction of sp³-hybridized carbons (Fsp3) is 0.160. The van der Waals surface area contributed by atoms with E-state index in [4.69, 9.17) is 4.74 Å². The van der Waals surface area contributed by atoms with Gasteiger partial charge in [0.15, 0.2) is 5.82 Å². The molecular formula is C25H22N4OS. The topological polar surface area (TPSA) is 52.8 Å². The van der Waals surface area contributed by atoms with Crippen LogP contribution in [0.4, 0.5) is 0 Å². The second kappa shape index (κ2) is 7.71. The second-order valence-electron chi connectivity index (χ2n) is 7.49. The molecule has 0 fully saturated rings. The Labute approximate surface area is 185 Å². The van der Waals surface area contributed by atoms with Crippen LogP contribution in [0.25, 0.3) is 38.9 Å². The molecule has 0 saturated heterocycles. The molecule has 0 aliphatic carbocycles. The van der Waals surface area contributed by atoms with Gasteiger partial charge < -0.3 is 9.30 Å². The summed E-state index contributed by atoms with van der Waals surface area (Å²) < 4.78 is 7.54. The van der Waals surface area contributed by atoms with E-state index < -0.39 is 0 Å². The molecule has 0 spiro atoms. The normalized spacial score (nSPS) is 11.4. The van der Waals surface area contributed by atoms with Crippen molar-refractivity contribution in [2.75, 3.05) is 13.4 Å². The number of fused-ring (bicyclic) bond motifs is 3. The molecule has 5 aromatic rings. The van der Waals surface area contributed by atoms with E-state index in [1.165, 1.54) is 38.7 Å². The number of para-hydroxylation sites is 1. The summed E-state index contributed by atoms with van der Waals surface area (Å²) in [6.45, 7) is 4.28. The lowest BCUT2D eigenvalue weighted by molar-refractivity contribution is 0.378. The van der Waals surface area contributed by atoms with E-state index in [1.807, 2.05) is 0 Å². The molecule has 2 aromatic heterocycles. The second-order valence-corrected chi connectivity index (χ2v) is 8.37. The third-order valence-electron chi connectivity index (χ3n) is 5.58. The number of aromatic nitrogens is 4. The van der Waals surface area contributed by atoms with Crippen LogP contribution in [0, 0.1) is 13.8 Å². The smallest absolute Gasteiger partial charge is 0.319 e. The molecule has 5 nitrogen and oxygen atoms in total. The van der Waals surface area contributed by atoms with Crippen molar-refractivity contribution in [2.45, 2.75) is 18.7 Å². The lowest BCUT2D eigenvalue weighted by Gasteiger charge is -2.16. The van der Waals surface area contributed by atoms with Crippen molar-refractivity contribution in [1.82, 2.24) is 19.5 Å². The Morgan fingerprint density at radius 1 is 0.871 bits per heavy atom. The Morgan fingerprint density at radius 2 is 1.61 bits per heavy atom. The van der Waals surface area contributed by atoms with E-state index in [2.05, 4.69) is 94.2 Å². The maximum absolute atomic E-state index is 5.17. The zero-order valence-corrected chi connectivity index (χ0v) is 18.7. The highest BCUT2D eigenvalue weighted by Gasteiger charge is 2.17. The van der Waals surface area contributed by atoms with E-state index in [1.54, 1.807) is 18.9 Å². The van der Waals surface area contributed by atoms with E-state index in [9.17, 15) is 0 Å². The van der Waals surface area contributed by atoms with Crippen molar-refractivity contribution in [3.05, 3.63) is 72.1 Å². The Hall–Kier alpha value is -3.38. The minimum absolute atomic E-state index is 0.316. The van der Waals surface area contributed by atoms with Gasteiger partial charge in [0.1, 0.15) is 6.33 Å². The van der Waals surface area contributed by atoms with Crippen molar-refractivity contribution >= 4 is 33.6 Å². The summed E-state index contributed by atoms with van der Waals surface area (Å²) in [6, 6.07) is 19.9. The lowest BCUT2D eigenvalue weighted by Crippen LogP contribution is -2.02. The van der Waals surface area contributed by atoms with E-state index in [0.29, 0.717) is 11.8 Å². The predicted molar refractivity (Wildman–Crippen MR) is 127 cm³/mol. The van der Waals surface area contributed by atoms with E-state index >= 15 is 0 Å². The third kappa shape index (κ3) is 3.24. The summed E-state index contributed by atoms with van der Waals surface area (Å²) >= 11 is 1.77. The van der Waals surface area contributed by atoms with Crippen LogP contribution in [0.15, 0.2) is 65.8 Å². The molecule has 0 amide bonds. The number of rotatable bonds is 4. The van der Waals surface area contributed by atoms with Crippen LogP contribution in [0.5, 0.6) is 6.01 Å². The Kier molecular flexibility index (Phi) is 4.87. The van der Waals surface area contributed by atoms with Gasteiger partial charge in [-0.25, -0.2) is 4.98 Å². The zero-order chi connectivity index (χ0) is 21.5. The number of methoxy groups -OCH3 is 1. The SMILES string of the molecule is COc1ncnc(-c2cc(C)c(-n3c4ccccc4c4cc(SC)ccc43)c(C)c2)n1. The maximum atomic E-state index is 5.17. The first kappa shape index (κ1) is 19.6. The van der Waals surface area contributed by atoms with Crippen LogP contribution >= 0.6 is 11.8 Å². The van der Waals surface area contributed by atoms with Crippen LogP contribution in [-0.4, -0.2) is 32.9 Å². The summed E-state index contributed by atoms with van der Waals surface area (Å²) in [5, 5.41) is 2.53. The third-order valence-corrected chi connectivity index (χ3v) is 6.31. The number of hydrogen-bond acceptors (Lipinski definition) is 5. The molecule has 0 radical (unpaired) electrons. The van der Waals surface area contributed by atoms with Crippen LogP contribution in [0.3, 0.4) is 0 Å². The highest BCUT2D eigenvalue weighted by molar-refractivity contribution is 7.98. The van der Waals surface area contributed by atoms with Crippen LogP contribution in [0.1, 0.15) is 11.1 Å². The van der Waals surface area contributed by atoms with Gasteiger partial charge in [0.2, 0.25) is 0 Å². The first-order chi connectivity index (χ1) is 15.1. The summed E-state index contributed by atoms with van der Waals surface area (Å²) in [5.74, 6) is 0.608. The largest absolute Gasteiger partial charge is 0.467 e. The molecule has 6 heteroatoms. The minimum Gasteiger partial charge on any atom is -0.467 e. The van der Waals surface area contributed by atoms with Crippen molar-refractivity contribution in [3.8, 4) is 23.1 Å².